The number of likely N-dealkylation sites (tertiary alicyclic amines) is 1. The third-order valence-corrected chi connectivity index (χ3v) is 8.10. The smallest absolute Gasteiger partial charge is 0.309 e. The average Bonchev–Trinajstić information content (AvgIpc) is 2.88. The molecule has 0 bridgehead atoms. The fraction of sp³-hybridized carbons (Fsp3) is 0.423. The molecule has 0 aliphatic carbocycles. The lowest BCUT2D eigenvalue weighted by molar-refractivity contribution is -0.153. The first kappa shape index (κ1) is 25.7. The topological polar surface area (TPSA) is 75.6 Å². The number of benzene rings is 1. The molecule has 0 saturated carbocycles. The number of aromatic nitrogens is 2. The van der Waals surface area contributed by atoms with Gasteiger partial charge in [0.15, 0.2) is 0 Å². The van der Waals surface area contributed by atoms with Crippen LogP contribution in [0.2, 0.25) is 5.02 Å². The van der Waals surface area contributed by atoms with E-state index in [1.165, 1.54) is 6.20 Å². The molecule has 1 atom stereocenters. The molecule has 35 heavy (non-hydrogen) atoms. The van der Waals surface area contributed by atoms with Gasteiger partial charge in [-0.1, -0.05) is 11.6 Å². The third-order valence-electron chi connectivity index (χ3n) is 6.84. The summed E-state index contributed by atoms with van der Waals surface area (Å²) in [6.45, 7) is 2.25. The van der Waals surface area contributed by atoms with Crippen molar-refractivity contribution >= 4 is 40.2 Å². The summed E-state index contributed by atoms with van der Waals surface area (Å²) in [4.78, 5) is 24.1. The molecular formula is C26H29ClFN3O3S. The summed E-state index contributed by atoms with van der Waals surface area (Å²) in [5.74, 6) is 0.655. The maximum Gasteiger partial charge on any atom is 0.309 e. The zero-order chi connectivity index (χ0) is 24.8. The average molecular weight is 518 g/mol. The lowest BCUT2D eigenvalue weighted by Gasteiger charge is -2.39. The molecular weight excluding hydrogens is 489 g/mol. The Morgan fingerprint density at radius 3 is 2.80 bits per heavy atom. The molecule has 186 valence electrons. The Kier molecular flexibility index (Phi) is 8.46. The lowest BCUT2D eigenvalue weighted by atomic mass is 9.74. The van der Waals surface area contributed by atoms with E-state index in [9.17, 15) is 9.90 Å². The Morgan fingerprint density at radius 1 is 1.31 bits per heavy atom. The third kappa shape index (κ3) is 6.05. The Bertz CT molecular complexity index is 1160. The number of rotatable bonds is 10. The van der Waals surface area contributed by atoms with E-state index in [2.05, 4.69) is 14.9 Å². The van der Waals surface area contributed by atoms with Crippen LogP contribution in [0.5, 0.6) is 5.75 Å². The molecule has 1 N–H and O–H groups in total. The van der Waals surface area contributed by atoms with Gasteiger partial charge in [0.2, 0.25) is 0 Å². The van der Waals surface area contributed by atoms with Gasteiger partial charge in [0.25, 0.3) is 0 Å². The summed E-state index contributed by atoms with van der Waals surface area (Å²) in [7, 11) is 1.55. The molecule has 0 amide bonds. The predicted molar refractivity (Wildman–Crippen MR) is 137 cm³/mol. The second kappa shape index (κ2) is 11.5. The molecule has 1 aliphatic rings. The van der Waals surface area contributed by atoms with Crippen molar-refractivity contribution in [2.24, 2.45) is 5.41 Å². The summed E-state index contributed by atoms with van der Waals surface area (Å²) < 4.78 is 20.9. The van der Waals surface area contributed by atoms with Gasteiger partial charge in [0.1, 0.15) is 11.9 Å². The molecule has 3 aromatic rings. The van der Waals surface area contributed by atoms with Gasteiger partial charge >= 0.3 is 5.97 Å². The quantitative estimate of drug-likeness (QED) is 0.328. The number of pyridine rings is 2. The van der Waals surface area contributed by atoms with Gasteiger partial charge in [-0.2, -0.15) is 0 Å². The summed E-state index contributed by atoms with van der Waals surface area (Å²) in [5.41, 5.74) is 0.0453. The number of carboxylic acid groups (broad SMARTS) is 1. The summed E-state index contributed by atoms with van der Waals surface area (Å²) in [6.07, 6.45) is 5.00. The van der Waals surface area contributed by atoms with Crippen molar-refractivity contribution in [2.45, 2.75) is 36.8 Å². The zero-order valence-electron chi connectivity index (χ0n) is 19.6. The zero-order valence-corrected chi connectivity index (χ0v) is 21.2. The van der Waals surface area contributed by atoms with Gasteiger partial charge in [0, 0.05) is 46.7 Å². The first-order valence-electron chi connectivity index (χ1n) is 11.7. The van der Waals surface area contributed by atoms with Crippen LogP contribution >= 0.6 is 23.4 Å². The van der Waals surface area contributed by atoms with E-state index in [1.807, 2.05) is 18.3 Å². The number of hydrogen-bond acceptors (Lipinski definition) is 6. The van der Waals surface area contributed by atoms with E-state index >= 15 is 4.39 Å². The van der Waals surface area contributed by atoms with Gasteiger partial charge < -0.3 is 14.7 Å². The second-order valence-electron chi connectivity index (χ2n) is 8.87. The number of aliphatic carboxylic acids is 1. The molecule has 3 heterocycles. The summed E-state index contributed by atoms with van der Waals surface area (Å²) in [5, 5.41) is 10.9. The van der Waals surface area contributed by atoms with Crippen LogP contribution in [0, 0.1) is 5.41 Å². The number of methoxy groups -OCH3 is 1. The SMILES string of the molecule is COc1ccc2ncc(Cl)c([C@@H](F)CCC3(C(=O)O)CCN(CCSc4cccnc4)CC3)c2c1. The molecule has 0 spiro atoms. The Labute approximate surface area is 213 Å². The highest BCUT2D eigenvalue weighted by Gasteiger charge is 2.41. The molecule has 0 radical (unpaired) electrons. The van der Waals surface area contributed by atoms with Crippen molar-refractivity contribution in [2.75, 3.05) is 32.5 Å². The minimum Gasteiger partial charge on any atom is -0.497 e. The number of fused-ring (bicyclic) bond motifs is 1. The van der Waals surface area contributed by atoms with E-state index < -0.39 is 17.6 Å². The molecule has 0 unspecified atom stereocenters. The molecule has 6 nitrogen and oxygen atoms in total. The molecule has 1 aliphatic heterocycles. The van der Waals surface area contributed by atoms with Crippen molar-refractivity contribution in [3.05, 3.63) is 59.5 Å². The molecule has 9 heteroatoms. The van der Waals surface area contributed by atoms with Gasteiger partial charge in [-0.05, 0) is 69.1 Å². The number of carboxylic acids is 1. The van der Waals surface area contributed by atoms with Crippen molar-refractivity contribution in [3.8, 4) is 5.75 Å². The molecule has 1 fully saturated rings. The van der Waals surface area contributed by atoms with Crippen LogP contribution in [-0.2, 0) is 4.79 Å². The highest BCUT2D eigenvalue weighted by atomic mass is 35.5. The van der Waals surface area contributed by atoms with Crippen LogP contribution in [0.4, 0.5) is 4.39 Å². The molecule has 2 aromatic heterocycles. The van der Waals surface area contributed by atoms with E-state index in [-0.39, 0.29) is 17.9 Å². The van der Waals surface area contributed by atoms with Crippen LogP contribution in [-0.4, -0.2) is 58.4 Å². The Balaban J connectivity index is 1.38. The number of carbonyl (C=O) groups is 1. The number of thioether (sulfide) groups is 1. The second-order valence-corrected chi connectivity index (χ2v) is 10.4. The maximum absolute atomic E-state index is 15.6. The first-order valence-corrected chi connectivity index (χ1v) is 13.0. The highest BCUT2D eigenvalue weighted by Crippen LogP contribution is 2.42. The Hall–Kier alpha value is -2.42. The number of alkyl halides is 1. The van der Waals surface area contributed by atoms with Crippen molar-refractivity contribution in [1.82, 2.24) is 14.9 Å². The van der Waals surface area contributed by atoms with E-state index in [4.69, 9.17) is 16.3 Å². The minimum absolute atomic E-state index is 0.0825. The molecule has 1 aromatic carbocycles. The maximum atomic E-state index is 15.6. The number of halogens is 2. The van der Waals surface area contributed by atoms with E-state index in [0.29, 0.717) is 48.1 Å². The van der Waals surface area contributed by atoms with E-state index in [0.717, 1.165) is 17.2 Å². The summed E-state index contributed by atoms with van der Waals surface area (Å²) >= 11 is 8.09. The molecule has 4 rings (SSSR count). The fourth-order valence-electron chi connectivity index (χ4n) is 4.66. The number of ether oxygens (including phenoxy) is 1. The molecule has 1 saturated heterocycles. The van der Waals surface area contributed by atoms with Gasteiger partial charge in [-0.3, -0.25) is 14.8 Å². The van der Waals surface area contributed by atoms with Crippen LogP contribution < -0.4 is 4.74 Å². The Morgan fingerprint density at radius 2 is 2.11 bits per heavy atom. The van der Waals surface area contributed by atoms with Crippen LogP contribution in [0.1, 0.15) is 37.4 Å². The van der Waals surface area contributed by atoms with E-state index in [1.54, 1.807) is 43.3 Å². The largest absolute Gasteiger partial charge is 0.497 e. The van der Waals surface area contributed by atoms with Crippen LogP contribution in [0.15, 0.2) is 53.8 Å². The summed E-state index contributed by atoms with van der Waals surface area (Å²) in [6, 6.07) is 9.21. The first-order chi connectivity index (χ1) is 16.9. The lowest BCUT2D eigenvalue weighted by Crippen LogP contribution is -2.45. The van der Waals surface area contributed by atoms with Crippen molar-refractivity contribution in [1.29, 1.82) is 0 Å². The number of piperidine rings is 1. The fourth-order valence-corrected chi connectivity index (χ4v) is 5.83. The monoisotopic (exact) mass is 517 g/mol. The van der Waals surface area contributed by atoms with Crippen LogP contribution in [0.3, 0.4) is 0 Å². The van der Waals surface area contributed by atoms with Gasteiger partial charge in [0.05, 0.1) is 23.1 Å². The van der Waals surface area contributed by atoms with Crippen LogP contribution in [0.25, 0.3) is 10.9 Å². The van der Waals surface area contributed by atoms with Crippen molar-refractivity contribution in [3.63, 3.8) is 0 Å². The van der Waals surface area contributed by atoms with Gasteiger partial charge in [-0.15, -0.1) is 11.8 Å². The van der Waals surface area contributed by atoms with Crippen molar-refractivity contribution < 1.29 is 19.0 Å². The minimum atomic E-state index is -1.40. The normalized spacial score (nSPS) is 16.8. The highest BCUT2D eigenvalue weighted by molar-refractivity contribution is 7.99. The predicted octanol–water partition coefficient (Wildman–Crippen LogP) is 6.04. The van der Waals surface area contributed by atoms with Gasteiger partial charge in [-0.25, -0.2) is 4.39 Å². The number of nitrogens with zero attached hydrogens (tertiary/aromatic N) is 3. The standard InChI is InChI=1S/C26H29ClFN3O3S/c1-34-18-4-5-23-20(15-18)24(21(27)17-30-23)22(28)6-7-26(25(32)33)8-11-31(12-9-26)13-14-35-19-3-2-10-29-16-19/h2-5,10,15-17,22H,6-9,11-14H2,1H3,(H,32,33)/t22-/m0/s1. The number of hydrogen-bond donors (Lipinski definition) is 1.